The van der Waals surface area contributed by atoms with Gasteiger partial charge in [0.1, 0.15) is 24.5 Å². The molecule has 2 aromatic carbocycles. The lowest BCUT2D eigenvalue weighted by atomic mass is 10.0. The summed E-state index contributed by atoms with van der Waals surface area (Å²) in [5.74, 6) is -0.657. The molecule has 0 saturated carbocycles. The van der Waals surface area contributed by atoms with E-state index in [-0.39, 0.29) is 29.7 Å². The predicted octanol–water partition coefficient (Wildman–Crippen LogP) is 1.73. The number of phenols is 2. The molecule has 0 aliphatic rings. The third kappa shape index (κ3) is 5.11. The fraction of sp³-hybridized carbons (Fsp3) is 0.316. The van der Waals surface area contributed by atoms with Crippen molar-refractivity contribution in [2.24, 2.45) is 0 Å². The molecule has 0 spiro atoms. The van der Waals surface area contributed by atoms with Crippen LogP contribution in [0.5, 0.6) is 17.2 Å². The number of hydrogen-bond acceptors (Lipinski definition) is 7. The highest BCUT2D eigenvalue weighted by Crippen LogP contribution is 2.29. The van der Waals surface area contributed by atoms with Crippen LogP contribution >= 0.6 is 0 Å². The van der Waals surface area contributed by atoms with E-state index in [2.05, 4.69) is 5.32 Å². The van der Waals surface area contributed by atoms with Crippen molar-refractivity contribution < 1.29 is 29.6 Å². The van der Waals surface area contributed by atoms with Crippen LogP contribution in [0.25, 0.3) is 0 Å². The van der Waals surface area contributed by atoms with Gasteiger partial charge in [0.2, 0.25) is 0 Å². The molecule has 4 N–H and O–H groups in total. The summed E-state index contributed by atoms with van der Waals surface area (Å²) in [6.07, 6.45) is -1.28. The number of esters is 1. The summed E-state index contributed by atoms with van der Waals surface area (Å²) in [4.78, 5) is 12.1. The summed E-state index contributed by atoms with van der Waals surface area (Å²) in [6, 6.07) is 11.7. The molecular formula is C19H23NO6. The fourth-order valence-electron chi connectivity index (χ4n) is 2.42. The van der Waals surface area contributed by atoms with Crippen LogP contribution in [-0.2, 0) is 9.53 Å². The predicted molar refractivity (Wildman–Crippen MR) is 95.1 cm³/mol. The molecule has 7 nitrogen and oxygen atoms in total. The SMILES string of the molecule is COC(=O)[C@@H](NC(C)COc1ccccc1)C(O)c1ccc(O)c(O)c1. The van der Waals surface area contributed by atoms with Crippen molar-refractivity contribution in [2.75, 3.05) is 13.7 Å². The quantitative estimate of drug-likeness (QED) is 0.419. The van der Waals surface area contributed by atoms with Gasteiger partial charge in [-0.15, -0.1) is 0 Å². The topological polar surface area (TPSA) is 108 Å². The minimum Gasteiger partial charge on any atom is -0.504 e. The maximum Gasteiger partial charge on any atom is 0.325 e. The van der Waals surface area contributed by atoms with E-state index in [1.54, 1.807) is 6.92 Å². The molecule has 0 aliphatic heterocycles. The minimum atomic E-state index is -1.28. The molecule has 0 saturated heterocycles. The Morgan fingerprint density at radius 1 is 1.12 bits per heavy atom. The first-order chi connectivity index (χ1) is 12.4. The summed E-state index contributed by atoms with van der Waals surface area (Å²) < 4.78 is 10.4. The Labute approximate surface area is 151 Å². The average Bonchev–Trinajstić information content (AvgIpc) is 2.66. The zero-order chi connectivity index (χ0) is 19.1. The summed E-state index contributed by atoms with van der Waals surface area (Å²) in [5.41, 5.74) is 0.263. The van der Waals surface area contributed by atoms with E-state index in [9.17, 15) is 20.1 Å². The summed E-state index contributed by atoms with van der Waals surface area (Å²) in [7, 11) is 1.23. The summed E-state index contributed by atoms with van der Waals surface area (Å²) >= 11 is 0. The lowest BCUT2D eigenvalue weighted by molar-refractivity contribution is -0.146. The van der Waals surface area contributed by atoms with Crippen molar-refractivity contribution in [1.29, 1.82) is 0 Å². The van der Waals surface area contributed by atoms with Gasteiger partial charge in [0.15, 0.2) is 11.5 Å². The molecular weight excluding hydrogens is 338 g/mol. The summed E-state index contributed by atoms with van der Waals surface area (Å²) in [6.45, 7) is 2.07. The molecule has 2 unspecified atom stereocenters. The number of ether oxygens (including phenoxy) is 2. The van der Waals surface area contributed by atoms with Crippen LogP contribution in [0.1, 0.15) is 18.6 Å². The van der Waals surface area contributed by atoms with Gasteiger partial charge in [-0.3, -0.25) is 10.1 Å². The number of para-hydroxylation sites is 1. The molecule has 2 rings (SSSR count). The first kappa shape index (κ1) is 19.6. The molecule has 0 fully saturated rings. The van der Waals surface area contributed by atoms with Gasteiger partial charge in [-0.1, -0.05) is 24.3 Å². The van der Waals surface area contributed by atoms with Crippen LogP contribution in [0.2, 0.25) is 0 Å². The molecule has 140 valence electrons. The van der Waals surface area contributed by atoms with Gasteiger partial charge in [0.25, 0.3) is 0 Å². The lowest BCUT2D eigenvalue weighted by Gasteiger charge is -2.26. The standard InChI is InChI=1S/C19H23NO6/c1-12(11-26-14-6-4-3-5-7-14)20-17(19(24)25-2)18(23)13-8-9-15(21)16(22)10-13/h3-10,12,17-18,20-23H,11H2,1-2H3/t12?,17-,18?/m0/s1. The Hall–Kier alpha value is -2.77. The van der Waals surface area contributed by atoms with Gasteiger partial charge in [-0.25, -0.2) is 0 Å². The van der Waals surface area contributed by atoms with E-state index in [0.29, 0.717) is 5.75 Å². The van der Waals surface area contributed by atoms with Gasteiger partial charge >= 0.3 is 5.97 Å². The van der Waals surface area contributed by atoms with Crippen LogP contribution < -0.4 is 10.1 Å². The van der Waals surface area contributed by atoms with E-state index >= 15 is 0 Å². The zero-order valence-corrected chi connectivity index (χ0v) is 14.6. The largest absolute Gasteiger partial charge is 0.504 e. The highest BCUT2D eigenvalue weighted by molar-refractivity contribution is 5.76. The number of benzene rings is 2. The Bertz CT molecular complexity index is 721. The Morgan fingerprint density at radius 3 is 2.42 bits per heavy atom. The fourth-order valence-corrected chi connectivity index (χ4v) is 2.42. The number of phenolic OH excluding ortho intramolecular Hbond substituents is 2. The van der Waals surface area contributed by atoms with Crippen molar-refractivity contribution in [3.05, 3.63) is 54.1 Å². The number of aliphatic hydroxyl groups is 1. The van der Waals surface area contributed by atoms with Crippen LogP contribution in [0.4, 0.5) is 0 Å². The second-order valence-corrected chi connectivity index (χ2v) is 5.89. The third-order valence-electron chi connectivity index (χ3n) is 3.82. The molecule has 3 atom stereocenters. The van der Waals surface area contributed by atoms with Gasteiger partial charge in [0, 0.05) is 6.04 Å². The molecule has 2 aromatic rings. The average molecular weight is 361 g/mol. The van der Waals surface area contributed by atoms with E-state index < -0.39 is 18.1 Å². The second kappa shape index (κ2) is 9.07. The van der Waals surface area contributed by atoms with Gasteiger partial charge < -0.3 is 24.8 Å². The van der Waals surface area contributed by atoms with Gasteiger partial charge in [0.05, 0.1) is 7.11 Å². The van der Waals surface area contributed by atoms with Crippen molar-refractivity contribution in [2.45, 2.75) is 25.1 Å². The first-order valence-electron chi connectivity index (χ1n) is 8.14. The molecule has 7 heteroatoms. The molecule has 26 heavy (non-hydrogen) atoms. The zero-order valence-electron chi connectivity index (χ0n) is 14.6. The Morgan fingerprint density at radius 2 is 1.81 bits per heavy atom. The highest BCUT2D eigenvalue weighted by atomic mass is 16.5. The van der Waals surface area contributed by atoms with E-state index in [1.165, 1.54) is 25.3 Å². The van der Waals surface area contributed by atoms with Crippen LogP contribution in [0, 0.1) is 0 Å². The minimum absolute atomic E-state index is 0.263. The molecule has 0 radical (unpaired) electrons. The normalized spacial score (nSPS) is 14.3. The van der Waals surface area contributed by atoms with Crippen LogP contribution in [-0.4, -0.2) is 47.1 Å². The van der Waals surface area contributed by atoms with Crippen molar-refractivity contribution in [1.82, 2.24) is 5.32 Å². The number of nitrogens with one attached hydrogen (secondary N) is 1. The number of aromatic hydroxyl groups is 2. The smallest absolute Gasteiger partial charge is 0.325 e. The monoisotopic (exact) mass is 361 g/mol. The van der Waals surface area contributed by atoms with Crippen LogP contribution in [0.3, 0.4) is 0 Å². The van der Waals surface area contributed by atoms with E-state index in [0.717, 1.165) is 0 Å². The van der Waals surface area contributed by atoms with Crippen molar-refractivity contribution >= 4 is 5.97 Å². The number of aliphatic hydroxyl groups excluding tert-OH is 1. The maximum absolute atomic E-state index is 12.1. The molecule has 0 aliphatic carbocycles. The van der Waals surface area contributed by atoms with Gasteiger partial charge in [-0.05, 0) is 36.8 Å². The molecule has 0 bridgehead atoms. The number of hydrogen-bond donors (Lipinski definition) is 4. The molecule has 0 aromatic heterocycles. The molecule has 0 amide bonds. The number of carbonyl (C=O) groups is 1. The second-order valence-electron chi connectivity index (χ2n) is 5.89. The Balaban J connectivity index is 2.06. The number of methoxy groups -OCH3 is 1. The first-order valence-corrected chi connectivity index (χ1v) is 8.14. The van der Waals surface area contributed by atoms with Gasteiger partial charge in [-0.2, -0.15) is 0 Å². The van der Waals surface area contributed by atoms with Crippen molar-refractivity contribution in [3.63, 3.8) is 0 Å². The van der Waals surface area contributed by atoms with E-state index in [4.69, 9.17) is 9.47 Å². The third-order valence-corrected chi connectivity index (χ3v) is 3.82. The summed E-state index contributed by atoms with van der Waals surface area (Å²) in [5, 5.41) is 32.5. The molecule has 0 heterocycles. The highest BCUT2D eigenvalue weighted by Gasteiger charge is 2.30. The van der Waals surface area contributed by atoms with Crippen molar-refractivity contribution in [3.8, 4) is 17.2 Å². The van der Waals surface area contributed by atoms with Crippen LogP contribution in [0.15, 0.2) is 48.5 Å². The lowest BCUT2D eigenvalue weighted by Crippen LogP contribution is -2.48. The van der Waals surface area contributed by atoms with E-state index in [1.807, 2.05) is 30.3 Å². The number of carbonyl (C=O) groups excluding carboxylic acids is 1. The maximum atomic E-state index is 12.1. The number of rotatable bonds is 8. The Kier molecular flexibility index (Phi) is 6.82.